The Labute approximate surface area is 219 Å². The maximum Gasteiger partial charge on any atom is 0.124 e. The van der Waals surface area contributed by atoms with Gasteiger partial charge in [-0.15, -0.1) is 0 Å². The van der Waals surface area contributed by atoms with Crippen LogP contribution in [0.3, 0.4) is 0 Å². The van der Waals surface area contributed by atoms with E-state index in [2.05, 4.69) is 46.1 Å². The Morgan fingerprint density at radius 1 is 1.05 bits per heavy atom. The van der Waals surface area contributed by atoms with Gasteiger partial charge in [-0.25, -0.2) is 4.98 Å². The van der Waals surface area contributed by atoms with E-state index in [0.29, 0.717) is 23.4 Å². The number of ether oxygens (including phenoxy) is 2. The summed E-state index contributed by atoms with van der Waals surface area (Å²) in [6, 6.07) is 13.4. The van der Waals surface area contributed by atoms with Gasteiger partial charge in [0, 0.05) is 79.8 Å². The van der Waals surface area contributed by atoms with Gasteiger partial charge < -0.3 is 25.1 Å². The lowest BCUT2D eigenvalue weighted by atomic mass is 10.1. The molecule has 37 heavy (non-hydrogen) atoms. The van der Waals surface area contributed by atoms with Gasteiger partial charge in [-0.3, -0.25) is 9.88 Å². The van der Waals surface area contributed by atoms with E-state index in [1.54, 1.807) is 33.7 Å². The lowest BCUT2D eigenvalue weighted by Gasteiger charge is -2.30. The second-order valence-electron chi connectivity index (χ2n) is 9.55. The Bertz CT molecular complexity index is 1230. The van der Waals surface area contributed by atoms with Crippen molar-refractivity contribution >= 4 is 34.2 Å². The molecule has 0 amide bonds. The number of benzene rings is 2. The summed E-state index contributed by atoms with van der Waals surface area (Å²) in [5.74, 6) is 1.49. The first kappa shape index (κ1) is 26.4. The molecule has 0 spiro atoms. The fourth-order valence-electron chi connectivity index (χ4n) is 5.11. The van der Waals surface area contributed by atoms with E-state index < -0.39 is 0 Å². The lowest BCUT2D eigenvalue weighted by molar-refractivity contribution is 0.213. The number of likely N-dealkylation sites (tertiary alicyclic amines) is 1. The van der Waals surface area contributed by atoms with Crippen LogP contribution in [0.2, 0.25) is 0 Å². The Morgan fingerprint density at radius 3 is 2.38 bits per heavy atom. The maximum absolute atomic E-state index is 7.75. The SMILES string of the molecule is CN/C=C(\C=N)c1cnc2ccc(N(CCCN3[C@@H](C)CC[C@@H]3C)c3cc(OC)cc(OC)c3)cc2n1. The van der Waals surface area contributed by atoms with Gasteiger partial charge in [-0.1, -0.05) is 0 Å². The number of hydrogen-bond acceptors (Lipinski definition) is 8. The summed E-state index contributed by atoms with van der Waals surface area (Å²) in [6.45, 7) is 6.54. The molecule has 1 aliphatic rings. The number of nitrogens with one attached hydrogen (secondary N) is 2. The number of hydrogen-bond donors (Lipinski definition) is 2. The molecule has 1 saturated heterocycles. The van der Waals surface area contributed by atoms with Gasteiger partial charge in [0.25, 0.3) is 0 Å². The molecule has 3 aromatic rings. The highest BCUT2D eigenvalue weighted by molar-refractivity contribution is 6.07. The van der Waals surface area contributed by atoms with Crippen LogP contribution in [0.25, 0.3) is 16.6 Å². The van der Waals surface area contributed by atoms with Gasteiger partial charge >= 0.3 is 0 Å². The van der Waals surface area contributed by atoms with Crippen molar-refractivity contribution in [2.45, 2.75) is 45.2 Å². The molecule has 4 rings (SSSR count). The van der Waals surface area contributed by atoms with Gasteiger partial charge in [0.2, 0.25) is 0 Å². The maximum atomic E-state index is 7.75. The van der Waals surface area contributed by atoms with E-state index in [4.69, 9.17) is 19.9 Å². The molecule has 0 aliphatic carbocycles. The smallest absolute Gasteiger partial charge is 0.124 e. The van der Waals surface area contributed by atoms with Crippen molar-refractivity contribution < 1.29 is 9.47 Å². The quantitative estimate of drug-likeness (QED) is 0.346. The van der Waals surface area contributed by atoms with Crippen LogP contribution in [0.4, 0.5) is 11.4 Å². The number of rotatable bonds is 11. The molecule has 2 aromatic carbocycles. The monoisotopic (exact) mass is 502 g/mol. The Hall–Kier alpha value is -3.65. The van der Waals surface area contributed by atoms with Crippen molar-refractivity contribution in [3.05, 3.63) is 54.5 Å². The molecule has 8 nitrogen and oxygen atoms in total. The number of methoxy groups -OCH3 is 2. The van der Waals surface area contributed by atoms with E-state index in [0.717, 1.165) is 53.4 Å². The van der Waals surface area contributed by atoms with Crippen LogP contribution in [0, 0.1) is 5.41 Å². The number of nitrogens with zero attached hydrogens (tertiary/aromatic N) is 4. The standard InChI is InChI=1S/C29H38N6O2/c1-20-7-8-21(2)34(20)11-6-12-35(24-13-25(36-4)16-26(14-24)37-5)23-9-10-27-28(15-23)33-29(19-32-27)22(17-30)18-31-3/h9-10,13-21,30-31H,6-8,11-12H2,1-5H3/b22-18+,30-17?/t20-,21-/m0/s1. The zero-order chi connectivity index (χ0) is 26.4. The average molecular weight is 503 g/mol. The van der Waals surface area contributed by atoms with Crippen molar-refractivity contribution in [1.29, 1.82) is 5.41 Å². The van der Waals surface area contributed by atoms with Gasteiger partial charge in [-0.2, -0.15) is 0 Å². The number of aromatic nitrogens is 2. The van der Waals surface area contributed by atoms with Crippen molar-refractivity contribution in [3.63, 3.8) is 0 Å². The van der Waals surface area contributed by atoms with Crippen LogP contribution < -0.4 is 19.7 Å². The first-order chi connectivity index (χ1) is 18.0. The summed E-state index contributed by atoms with van der Waals surface area (Å²) < 4.78 is 11.1. The van der Waals surface area contributed by atoms with E-state index in [1.807, 2.05) is 24.3 Å². The summed E-state index contributed by atoms with van der Waals surface area (Å²) in [7, 11) is 5.15. The van der Waals surface area contributed by atoms with Crippen molar-refractivity contribution in [2.24, 2.45) is 0 Å². The fourth-order valence-corrected chi connectivity index (χ4v) is 5.11. The molecule has 2 atom stereocenters. The van der Waals surface area contributed by atoms with Crippen LogP contribution in [0.1, 0.15) is 38.8 Å². The first-order valence-corrected chi connectivity index (χ1v) is 12.9. The van der Waals surface area contributed by atoms with Crippen LogP contribution in [0.15, 0.2) is 48.8 Å². The predicted octanol–water partition coefficient (Wildman–Crippen LogP) is 5.26. The van der Waals surface area contributed by atoms with Crippen molar-refractivity contribution in [1.82, 2.24) is 20.2 Å². The fraction of sp³-hybridized carbons (Fsp3) is 0.414. The van der Waals surface area contributed by atoms with E-state index in [-0.39, 0.29) is 0 Å². The zero-order valence-corrected chi connectivity index (χ0v) is 22.5. The molecule has 8 heteroatoms. The highest BCUT2D eigenvalue weighted by atomic mass is 16.5. The Morgan fingerprint density at radius 2 is 1.76 bits per heavy atom. The minimum absolute atomic E-state index is 0.628. The average Bonchev–Trinajstić information content (AvgIpc) is 3.25. The first-order valence-electron chi connectivity index (χ1n) is 12.9. The molecule has 2 heterocycles. The van der Waals surface area contributed by atoms with Gasteiger partial charge in [-0.05, 0) is 51.3 Å². The molecular formula is C29H38N6O2. The molecular weight excluding hydrogens is 464 g/mol. The topological polar surface area (TPSA) is 86.6 Å². The van der Waals surface area contributed by atoms with Crippen LogP contribution in [-0.2, 0) is 0 Å². The minimum Gasteiger partial charge on any atom is -0.497 e. The Balaban J connectivity index is 1.71. The molecule has 1 fully saturated rings. The molecule has 196 valence electrons. The largest absolute Gasteiger partial charge is 0.497 e. The third-order valence-corrected chi connectivity index (χ3v) is 7.17. The molecule has 0 bridgehead atoms. The molecule has 0 unspecified atom stereocenters. The van der Waals surface area contributed by atoms with E-state index in [1.165, 1.54) is 19.1 Å². The predicted molar refractivity (Wildman–Crippen MR) is 151 cm³/mol. The Kier molecular flexibility index (Phi) is 8.61. The molecule has 2 N–H and O–H groups in total. The molecule has 0 radical (unpaired) electrons. The van der Waals surface area contributed by atoms with Gasteiger partial charge in [0.15, 0.2) is 0 Å². The number of anilines is 2. The minimum atomic E-state index is 0.628. The summed E-state index contributed by atoms with van der Waals surface area (Å²) in [6.07, 6.45) is 8.29. The van der Waals surface area contributed by atoms with E-state index in [9.17, 15) is 0 Å². The second-order valence-corrected chi connectivity index (χ2v) is 9.55. The van der Waals surface area contributed by atoms with Gasteiger partial charge in [0.1, 0.15) is 11.5 Å². The van der Waals surface area contributed by atoms with Crippen molar-refractivity contribution in [3.8, 4) is 11.5 Å². The summed E-state index contributed by atoms with van der Waals surface area (Å²) in [5, 5.41) is 10.7. The third kappa shape index (κ3) is 6.02. The number of fused-ring (bicyclic) bond motifs is 1. The summed E-state index contributed by atoms with van der Waals surface area (Å²) >= 11 is 0. The number of allylic oxidation sites excluding steroid dienone is 1. The van der Waals surface area contributed by atoms with Crippen LogP contribution >= 0.6 is 0 Å². The third-order valence-electron chi connectivity index (χ3n) is 7.17. The molecule has 1 aromatic heterocycles. The highest BCUT2D eigenvalue weighted by Gasteiger charge is 2.26. The second kappa shape index (κ2) is 12.1. The van der Waals surface area contributed by atoms with Crippen LogP contribution in [0.5, 0.6) is 11.5 Å². The van der Waals surface area contributed by atoms with Crippen LogP contribution in [-0.4, -0.2) is 67.5 Å². The zero-order valence-electron chi connectivity index (χ0n) is 22.5. The molecule has 0 saturated carbocycles. The summed E-state index contributed by atoms with van der Waals surface area (Å²) in [4.78, 5) is 14.3. The normalized spacial score (nSPS) is 18.1. The van der Waals surface area contributed by atoms with E-state index >= 15 is 0 Å². The van der Waals surface area contributed by atoms with Gasteiger partial charge in [0.05, 0.1) is 37.1 Å². The highest BCUT2D eigenvalue weighted by Crippen LogP contribution is 2.34. The summed E-state index contributed by atoms with van der Waals surface area (Å²) in [5.41, 5.74) is 4.93. The van der Waals surface area contributed by atoms with Crippen molar-refractivity contribution in [2.75, 3.05) is 39.3 Å². The lowest BCUT2D eigenvalue weighted by Crippen LogP contribution is -2.35. The molecule has 1 aliphatic heterocycles.